The van der Waals surface area contributed by atoms with E-state index in [1.54, 1.807) is 0 Å². The molecule has 0 fully saturated rings. The van der Waals surface area contributed by atoms with Crippen LogP contribution < -0.4 is 14.3 Å². The van der Waals surface area contributed by atoms with Crippen LogP contribution in [0.15, 0.2) is 35.3 Å². The Labute approximate surface area is 167 Å². The fraction of sp³-hybridized carbons (Fsp3) is 0.222. The highest BCUT2D eigenvalue weighted by Crippen LogP contribution is 2.37. The smallest absolute Gasteiger partial charge is 0.286 e. The lowest BCUT2D eigenvalue weighted by Crippen LogP contribution is -2.17. The van der Waals surface area contributed by atoms with Crippen LogP contribution in [-0.4, -0.2) is 22.2 Å². The predicted molar refractivity (Wildman–Crippen MR) is 104 cm³/mol. The zero-order chi connectivity index (χ0) is 19.8. The Morgan fingerprint density at radius 1 is 1.32 bits per heavy atom. The van der Waals surface area contributed by atoms with Crippen molar-refractivity contribution in [3.63, 3.8) is 0 Å². The van der Waals surface area contributed by atoms with Crippen molar-refractivity contribution < 1.29 is 19.2 Å². The minimum Gasteiger partial charge on any atom is -0.454 e. The number of carbonyl (C=O) groups excluding carboxylic acids is 1. The molecule has 0 radical (unpaired) electrons. The van der Waals surface area contributed by atoms with Crippen molar-refractivity contribution >= 4 is 44.7 Å². The van der Waals surface area contributed by atoms with Gasteiger partial charge in [-0.05, 0) is 18.6 Å². The normalized spacial score (nSPS) is 13.3. The van der Waals surface area contributed by atoms with Gasteiger partial charge in [0.05, 0.1) is 15.1 Å². The summed E-state index contributed by atoms with van der Waals surface area (Å²) in [6.07, 6.45) is 0.818. The monoisotopic (exact) mass is 419 g/mol. The lowest BCUT2D eigenvalue weighted by Gasteiger charge is -2.04. The number of benzene rings is 2. The molecule has 1 aliphatic rings. The van der Waals surface area contributed by atoms with Crippen LogP contribution in [0.25, 0.3) is 10.2 Å². The number of ether oxygens (including phenoxy) is 2. The first-order chi connectivity index (χ1) is 13.5. The summed E-state index contributed by atoms with van der Waals surface area (Å²) >= 11 is 7.23. The van der Waals surface area contributed by atoms with Crippen molar-refractivity contribution in [2.45, 2.75) is 19.9 Å². The van der Waals surface area contributed by atoms with Crippen molar-refractivity contribution in [2.24, 2.45) is 4.99 Å². The third kappa shape index (κ3) is 3.23. The first-order valence-electron chi connectivity index (χ1n) is 8.44. The van der Waals surface area contributed by atoms with Gasteiger partial charge in [0.15, 0.2) is 16.3 Å². The number of aryl methyl sites for hydroxylation is 1. The van der Waals surface area contributed by atoms with Gasteiger partial charge in [-0.15, -0.1) is 0 Å². The second kappa shape index (κ2) is 7.25. The second-order valence-electron chi connectivity index (χ2n) is 6.05. The van der Waals surface area contributed by atoms with E-state index in [9.17, 15) is 14.9 Å². The highest BCUT2D eigenvalue weighted by molar-refractivity contribution is 7.16. The maximum atomic E-state index is 12.7. The Kier molecular flexibility index (Phi) is 4.78. The molecule has 8 nitrogen and oxygen atoms in total. The highest BCUT2D eigenvalue weighted by atomic mass is 35.5. The van der Waals surface area contributed by atoms with E-state index in [2.05, 4.69) is 4.99 Å². The second-order valence-corrected chi connectivity index (χ2v) is 7.49. The molecule has 1 aliphatic heterocycles. The number of hydrogen-bond donors (Lipinski definition) is 0. The number of aromatic nitrogens is 1. The van der Waals surface area contributed by atoms with E-state index in [0.29, 0.717) is 22.8 Å². The van der Waals surface area contributed by atoms with E-state index in [4.69, 9.17) is 21.1 Å². The summed E-state index contributed by atoms with van der Waals surface area (Å²) < 4.78 is 13.6. The number of fused-ring (bicyclic) bond motifs is 2. The van der Waals surface area contributed by atoms with Crippen LogP contribution >= 0.6 is 22.9 Å². The third-order valence-corrected chi connectivity index (χ3v) is 5.48. The zero-order valence-corrected chi connectivity index (χ0v) is 16.2. The highest BCUT2D eigenvalue weighted by Gasteiger charge is 2.22. The summed E-state index contributed by atoms with van der Waals surface area (Å²) in [6.45, 7) is 2.81. The molecular formula is C18H14ClN3O5S. The molecule has 0 spiro atoms. The van der Waals surface area contributed by atoms with Crippen LogP contribution in [-0.2, 0) is 6.54 Å². The summed E-state index contributed by atoms with van der Waals surface area (Å²) in [6, 6.07) is 7.54. The molecule has 0 saturated carbocycles. The Balaban J connectivity index is 1.88. The van der Waals surface area contributed by atoms with Gasteiger partial charge in [-0.3, -0.25) is 14.9 Å². The number of rotatable bonds is 4. The molecule has 0 N–H and O–H groups in total. The third-order valence-electron chi connectivity index (χ3n) is 4.21. The van der Waals surface area contributed by atoms with Gasteiger partial charge in [-0.1, -0.05) is 29.9 Å². The Bertz CT molecular complexity index is 1180. The number of hydrogen-bond acceptors (Lipinski definition) is 6. The molecule has 1 amide bonds. The summed E-state index contributed by atoms with van der Waals surface area (Å²) in [7, 11) is 0. The maximum Gasteiger partial charge on any atom is 0.286 e. The van der Waals surface area contributed by atoms with Crippen LogP contribution in [0.3, 0.4) is 0 Å². The summed E-state index contributed by atoms with van der Waals surface area (Å²) in [5.41, 5.74) is 0.387. The van der Waals surface area contributed by atoms with Gasteiger partial charge in [0, 0.05) is 29.8 Å². The molecule has 0 unspecified atom stereocenters. The first kappa shape index (κ1) is 18.5. The standard InChI is InChI=1S/C18H14ClN3O5S/c1-2-5-21-13-7-14-15(27-9-26-14)8-16(13)28-18(21)20-17(23)11-6-10(19)3-4-12(11)22(24)25/h3-4,6-8H,2,5,9H2,1H3. The molecule has 4 rings (SSSR count). The SMILES string of the molecule is CCCn1c(=NC(=O)c2cc(Cl)ccc2[N+](=O)[O-])sc2cc3c(cc21)OCO3. The topological polar surface area (TPSA) is 96.0 Å². The van der Waals surface area contributed by atoms with E-state index >= 15 is 0 Å². The number of amides is 1. The van der Waals surface area contributed by atoms with Gasteiger partial charge < -0.3 is 14.0 Å². The quantitative estimate of drug-likeness (QED) is 0.467. The molecule has 10 heteroatoms. The Morgan fingerprint density at radius 2 is 2.07 bits per heavy atom. The van der Waals surface area contributed by atoms with Crippen LogP contribution in [0.1, 0.15) is 23.7 Å². The molecule has 144 valence electrons. The minimum absolute atomic E-state index is 0.146. The number of nitro benzene ring substituents is 1. The van der Waals surface area contributed by atoms with E-state index in [-0.39, 0.29) is 23.1 Å². The van der Waals surface area contributed by atoms with Crippen LogP contribution in [0, 0.1) is 10.1 Å². The molecule has 2 heterocycles. The average Bonchev–Trinajstić information content (AvgIpc) is 3.24. The van der Waals surface area contributed by atoms with E-state index in [0.717, 1.165) is 16.6 Å². The molecule has 0 bridgehead atoms. The molecule has 0 saturated heterocycles. The fourth-order valence-electron chi connectivity index (χ4n) is 2.97. The first-order valence-corrected chi connectivity index (χ1v) is 9.63. The van der Waals surface area contributed by atoms with Gasteiger partial charge >= 0.3 is 0 Å². The summed E-state index contributed by atoms with van der Waals surface area (Å²) in [4.78, 5) is 28.0. The molecule has 3 aromatic rings. The average molecular weight is 420 g/mol. The lowest BCUT2D eigenvalue weighted by atomic mass is 10.2. The van der Waals surface area contributed by atoms with Crippen LogP contribution in [0.5, 0.6) is 11.5 Å². The summed E-state index contributed by atoms with van der Waals surface area (Å²) in [5, 5.41) is 11.5. The van der Waals surface area contributed by atoms with Crippen LogP contribution in [0.4, 0.5) is 5.69 Å². The molecule has 28 heavy (non-hydrogen) atoms. The van der Waals surface area contributed by atoms with Crippen molar-refractivity contribution in [3.8, 4) is 11.5 Å². The molecule has 0 aliphatic carbocycles. The van der Waals surface area contributed by atoms with Crippen molar-refractivity contribution in [2.75, 3.05) is 6.79 Å². The van der Waals surface area contributed by atoms with Crippen LogP contribution in [0.2, 0.25) is 5.02 Å². The molecule has 0 atom stereocenters. The van der Waals surface area contributed by atoms with Crippen molar-refractivity contribution in [1.82, 2.24) is 4.57 Å². The van der Waals surface area contributed by atoms with Gasteiger partial charge in [-0.2, -0.15) is 4.99 Å². The Hall–Kier alpha value is -2.91. The summed E-state index contributed by atoms with van der Waals surface area (Å²) in [5.74, 6) is 0.560. The van der Waals surface area contributed by atoms with Gasteiger partial charge in [0.2, 0.25) is 6.79 Å². The van der Waals surface area contributed by atoms with Gasteiger partial charge in [0.25, 0.3) is 11.6 Å². The maximum absolute atomic E-state index is 12.7. The van der Waals surface area contributed by atoms with E-state index in [1.807, 2.05) is 23.6 Å². The van der Waals surface area contributed by atoms with Crippen molar-refractivity contribution in [1.29, 1.82) is 0 Å². The molecule has 1 aromatic heterocycles. The number of nitrogens with zero attached hydrogens (tertiary/aromatic N) is 3. The predicted octanol–water partition coefficient (Wildman–Crippen LogP) is 4.14. The zero-order valence-electron chi connectivity index (χ0n) is 14.7. The van der Waals surface area contributed by atoms with E-state index in [1.165, 1.54) is 29.5 Å². The van der Waals surface area contributed by atoms with Gasteiger partial charge in [-0.25, -0.2) is 0 Å². The number of nitro groups is 1. The minimum atomic E-state index is -0.717. The fourth-order valence-corrected chi connectivity index (χ4v) is 4.21. The lowest BCUT2D eigenvalue weighted by molar-refractivity contribution is -0.385. The van der Waals surface area contributed by atoms with Gasteiger partial charge in [0.1, 0.15) is 5.56 Å². The Morgan fingerprint density at radius 3 is 2.79 bits per heavy atom. The molecule has 2 aromatic carbocycles. The molecular weight excluding hydrogens is 406 g/mol. The largest absolute Gasteiger partial charge is 0.454 e. The van der Waals surface area contributed by atoms with E-state index < -0.39 is 10.8 Å². The number of halogens is 1. The number of carbonyl (C=O) groups is 1. The van der Waals surface area contributed by atoms with Crippen molar-refractivity contribution in [3.05, 3.63) is 55.8 Å². The number of thiazole rings is 1.